The van der Waals surface area contributed by atoms with E-state index < -0.39 is 0 Å². The summed E-state index contributed by atoms with van der Waals surface area (Å²) in [7, 11) is 0. The fraction of sp³-hybridized carbons (Fsp3) is 0.0323. The SMILES string of the molecule is C1=N/C(c2ccccc2)=c2/ccc3ccccc3c2=Nc2ccc3ccccc3c2C2=C(CCC(c3ccc4sc5ccc6c(ccc7c6c6cccc8c9ccccc9n7c86)c5c4c3)=C2)N1. The molecule has 4 heterocycles. The summed E-state index contributed by atoms with van der Waals surface area (Å²) >= 11 is 1.89. The van der Waals surface area contributed by atoms with Gasteiger partial charge in [-0.15, -0.1) is 11.3 Å². The normalized spacial score (nSPS) is 15.1. The number of rotatable bonds is 2. The number of hydrogen-bond donors (Lipinski definition) is 1. The Bertz CT molecular complexity index is 4530. The maximum absolute atomic E-state index is 5.72. The van der Waals surface area contributed by atoms with E-state index in [1.165, 1.54) is 90.9 Å². The molecule has 1 aliphatic heterocycles. The zero-order valence-electron chi connectivity index (χ0n) is 36.2. The molecule has 0 spiro atoms. The van der Waals surface area contributed by atoms with Crippen LogP contribution in [0.4, 0.5) is 5.69 Å². The number of nitrogens with zero attached hydrogens (tertiary/aromatic N) is 3. The van der Waals surface area contributed by atoms with Gasteiger partial charge in [0.15, 0.2) is 0 Å². The lowest BCUT2D eigenvalue weighted by molar-refractivity contribution is 0.917. The first-order chi connectivity index (χ1) is 33.2. The number of thiophene rings is 1. The van der Waals surface area contributed by atoms with Crippen molar-refractivity contribution in [1.82, 2.24) is 9.72 Å². The minimum atomic E-state index is 0.824. The maximum Gasteiger partial charge on any atom is 0.0928 e. The predicted octanol–water partition coefficient (Wildman–Crippen LogP) is 15.0. The van der Waals surface area contributed by atoms with Crippen LogP contribution in [0.15, 0.2) is 210 Å². The van der Waals surface area contributed by atoms with Gasteiger partial charge in [0, 0.05) is 74.7 Å². The van der Waals surface area contributed by atoms with Crippen LogP contribution in [0.1, 0.15) is 29.5 Å². The minimum Gasteiger partial charge on any atom is -0.349 e. The quantitative estimate of drug-likeness (QED) is 0.185. The van der Waals surface area contributed by atoms with Crippen molar-refractivity contribution >= 4 is 131 Å². The van der Waals surface area contributed by atoms with Gasteiger partial charge in [-0.05, 0) is 99.4 Å². The summed E-state index contributed by atoms with van der Waals surface area (Å²) in [6, 6.07) is 68.8. The Hall–Kier alpha value is -8.38. The molecule has 1 aliphatic carbocycles. The van der Waals surface area contributed by atoms with E-state index in [0.29, 0.717) is 0 Å². The number of aliphatic imine (C=N–C) groups is 1. The fourth-order valence-electron chi connectivity index (χ4n) is 11.5. The molecule has 67 heavy (non-hydrogen) atoms. The molecule has 312 valence electrons. The Labute approximate surface area is 388 Å². The second-order valence-electron chi connectivity index (χ2n) is 18.0. The third kappa shape index (κ3) is 5.34. The van der Waals surface area contributed by atoms with E-state index in [1.54, 1.807) is 0 Å². The first-order valence-electron chi connectivity index (χ1n) is 23.1. The Kier molecular flexibility index (Phi) is 7.74. The van der Waals surface area contributed by atoms with Crippen molar-refractivity contribution in [1.29, 1.82) is 0 Å². The van der Waals surface area contributed by atoms with Crippen LogP contribution in [0.5, 0.6) is 0 Å². The summed E-state index contributed by atoms with van der Waals surface area (Å²) in [5.41, 5.74) is 12.7. The van der Waals surface area contributed by atoms with E-state index in [4.69, 9.17) is 9.98 Å². The van der Waals surface area contributed by atoms with Crippen LogP contribution in [0.3, 0.4) is 0 Å². The predicted molar refractivity (Wildman–Crippen MR) is 285 cm³/mol. The highest BCUT2D eigenvalue weighted by Gasteiger charge is 2.24. The number of aromatic nitrogens is 1. The molecule has 1 N–H and O–H groups in total. The Morgan fingerprint density at radius 2 is 1.22 bits per heavy atom. The number of hydrogen-bond acceptors (Lipinski definition) is 4. The number of fused-ring (bicyclic) bond motifs is 19. The molecular weight excluding hydrogens is 833 g/mol. The van der Waals surface area contributed by atoms with Crippen LogP contribution in [0, 0.1) is 0 Å². The monoisotopic (exact) mass is 870 g/mol. The van der Waals surface area contributed by atoms with Crippen LogP contribution in [-0.4, -0.2) is 10.7 Å². The Balaban J connectivity index is 0.956. The largest absolute Gasteiger partial charge is 0.349 e. The van der Waals surface area contributed by atoms with E-state index in [0.717, 1.165) is 68.0 Å². The summed E-state index contributed by atoms with van der Waals surface area (Å²) in [6.07, 6.45) is 6.04. The van der Waals surface area contributed by atoms with Crippen LogP contribution >= 0.6 is 11.3 Å². The molecule has 0 radical (unpaired) electrons. The molecule has 4 nitrogen and oxygen atoms in total. The minimum absolute atomic E-state index is 0.824. The van der Waals surface area contributed by atoms with E-state index in [9.17, 15) is 0 Å². The smallest absolute Gasteiger partial charge is 0.0928 e. The van der Waals surface area contributed by atoms with Crippen molar-refractivity contribution in [3.05, 3.63) is 227 Å². The molecule has 2 aliphatic rings. The van der Waals surface area contributed by atoms with Gasteiger partial charge < -0.3 is 9.72 Å². The summed E-state index contributed by atoms with van der Waals surface area (Å²) in [6.45, 7) is 0. The van der Waals surface area contributed by atoms with Crippen LogP contribution in [0.25, 0.3) is 107 Å². The number of para-hydroxylation sites is 2. The first-order valence-corrected chi connectivity index (χ1v) is 23.9. The van der Waals surface area contributed by atoms with Crippen LogP contribution in [0.2, 0.25) is 0 Å². The van der Waals surface area contributed by atoms with Crippen molar-refractivity contribution < 1.29 is 0 Å². The zero-order valence-corrected chi connectivity index (χ0v) is 37.0. The van der Waals surface area contributed by atoms with Gasteiger partial charge in [-0.3, -0.25) is 0 Å². The van der Waals surface area contributed by atoms with Gasteiger partial charge >= 0.3 is 0 Å². The van der Waals surface area contributed by atoms with Crippen LogP contribution < -0.4 is 15.9 Å². The van der Waals surface area contributed by atoms with Gasteiger partial charge in [-0.1, -0.05) is 146 Å². The zero-order chi connectivity index (χ0) is 43.7. The third-order valence-electron chi connectivity index (χ3n) is 14.5. The highest BCUT2D eigenvalue weighted by Crippen LogP contribution is 2.47. The van der Waals surface area contributed by atoms with Crippen LogP contribution in [-0.2, 0) is 0 Å². The third-order valence-corrected chi connectivity index (χ3v) is 15.7. The Morgan fingerprint density at radius 1 is 0.493 bits per heavy atom. The molecule has 0 atom stereocenters. The number of allylic oxidation sites excluding steroid dienone is 4. The molecule has 0 fully saturated rings. The Morgan fingerprint density at radius 3 is 2.13 bits per heavy atom. The molecule has 5 heteroatoms. The van der Waals surface area contributed by atoms with Gasteiger partial charge in [0.05, 0.1) is 39.6 Å². The van der Waals surface area contributed by atoms with Crippen molar-refractivity contribution in [2.24, 2.45) is 9.98 Å². The van der Waals surface area contributed by atoms with Gasteiger partial charge in [0.1, 0.15) is 0 Å². The van der Waals surface area contributed by atoms with Gasteiger partial charge in [-0.25, -0.2) is 9.98 Å². The highest BCUT2D eigenvalue weighted by atomic mass is 32.1. The lowest BCUT2D eigenvalue weighted by atomic mass is 9.85. The van der Waals surface area contributed by atoms with Crippen molar-refractivity contribution in [2.45, 2.75) is 12.8 Å². The van der Waals surface area contributed by atoms with E-state index in [1.807, 2.05) is 17.7 Å². The molecule has 10 aromatic carbocycles. The maximum atomic E-state index is 5.72. The summed E-state index contributed by atoms with van der Waals surface area (Å²) < 4.78 is 5.11. The number of nitrogens with one attached hydrogen (secondary N) is 1. The molecule has 0 saturated heterocycles. The topological polar surface area (TPSA) is 41.2 Å². The lowest BCUT2D eigenvalue weighted by Gasteiger charge is -2.23. The van der Waals surface area contributed by atoms with Crippen molar-refractivity contribution in [3.8, 4) is 0 Å². The van der Waals surface area contributed by atoms with E-state index in [2.05, 4.69) is 204 Å². The molecule has 3 aromatic heterocycles. The first kappa shape index (κ1) is 36.9. The summed E-state index contributed by atoms with van der Waals surface area (Å²) in [5, 5.41) is 20.8. The van der Waals surface area contributed by atoms with Crippen molar-refractivity contribution in [2.75, 3.05) is 0 Å². The number of benzene rings is 10. The standard InChI is InChI=1S/C62H38N4S/c1-2-13-38(14-3-1)60-48-25-21-37-12-5-7-16-42(37)61(48)65-52-29-22-36-11-4-6-15-41(36)57(52)49-33-39(23-28-51(49)63-35-64-60)40-24-31-55-50(34-40)59-45-26-30-54-58(44(45)27-32-56(59)67-55)47-19-10-18-46-43-17-8-9-20-53(43)66(54)62(46)47/h1-22,24-27,29-35H,23,28H2,(H,63,64)/b60-48-,65-61?. The summed E-state index contributed by atoms with van der Waals surface area (Å²) in [5.74, 6) is 0. The van der Waals surface area contributed by atoms with Gasteiger partial charge in [0.25, 0.3) is 0 Å². The molecule has 0 unspecified atom stereocenters. The fourth-order valence-corrected chi connectivity index (χ4v) is 12.6. The van der Waals surface area contributed by atoms with E-state index in [-0.39, 0.29) is 0 Å². The van der Waals surface area contributed by atoms with Gasteiger partial charge in [-0.2, -0.15) is 0 Å². The average molecular weight is 871 g/mol. The van der Waals surface area contributed by atoms with E-state index >= 15 is 0 Å². The molecule has 0 bridgehead atoms. The molecule has 15 rings (SSSR count). The average Bonchev–Trinajstić information content (AvgIpc) is 4.05. The summed E-state index contributed by atoms with van der Waals surface area (Å²) in [4.78, 5) is 11.0. The molecular formula is C62H38N4S. The second kappa shape index (κ2) is 14.1. The lowest BCUT2D eigenvalue weighted by Crippen LogP contribution is -2.28. The highest BCUT2D eigenvalue weighted by molar-refractivity contribution is 7.26. The molecule has 13 aromatic rings. The molecule has 0 amide bonds. The van der Waals surface area contributed by atoms with Crippen molar-refractivity contribution in [3.63, 3.8) is 0 Å². The van der Waals surface area contributed by atoms with Gasteiger partial charge in [0.2, 0.25) is 0 Å². The second-order valence-corrected chi connectivity index (χ2v) is 19.1. The molecule has 0 saturated carbocycles.